The molecule has 0 radical (unpaired) electrons. The first-order valence-electron chi connectivity index (χ1n) is 9.26. The van der Waals surface area contributed by atoms with Crippen LogP contribution in [-0.2, 0) is 4.74 Å². The van der Waals surface area contributed by atoms with Gasteiger partial charge in [0.05, 0.1) is 17.3 Å². The lowest BCUT2D eigenvalue weighted by atomic mass is 9.43. The average Bonchev–Trinajstić information content (AvgIpc) is 2.50. The van der Waals surface area contributed by atoms with Gasteiger partial charge in [0.1, 0.15) is 0 Å². The molecule has 0 amide bonds. The van der Waals surface area contributed by atoms with Crippen molar-refractivity contribution in [3.63, 3.8) is 0 Å². The fourth-order valence-corrected chi connectivity index (χ4v) is 6.42. The summed E-state index contributed by atoms with van der Waals surface area (Å²) in [4.78, 5) is 0. The lowest BCUT2D eigenvalue weighted by Gasteiger charge is -2.66. The van der Waals surface area contributed by atoms with E-state index in [1.54, 1.807) is 0 Å². The third-order valence-corrected chi connectivity index (χ3v) is 7.91. The maximum absolute atomic E-state index is 11.0. The van der Waals surface area contributed by atoms with Crippen molar-refractivity contribution in [3.8, 4) is 0 Å². The lowest BCUT2D eigenvalue weighted by Crippen LogP contribution is -2.66. The Morgan fingerprint density at radius 1 is 1.04 bits per heavy atom. The van der Waals surface area contributed by atoms with E-state index in [0.29, 0.717) is 11.8 Å². The second-order valence-corrected chi connectivity index (χ2v) is 9.35. The summed E-state index contributed by atoms with van der Waals surface area (Å²) in [5, 5.41) is 21.0. The third kappa shape index (κ3) is 2.34. The van der Waals surface area contributed by atoms with E-state index in [4.69, 9.17) is 4.74 Å². The van der Waals surface area contributed by atoms with Crippen LogP contribution in [0.3, 0.4) is 0 Å². The Balaban J connectivity index is 2.00. The van der Waals surface area contributed by atoms with Crippen LogP contribution in [-0.4, -0.2) is 34.1 Å². The fraction of sp³-hybridized carbons (Fsp3) is 0.900. The molecule has 1 heterocycles. The van der Waals surface area contributed by atoms with E-state index >= 15 is 0 Å². The molecule has 132 valence electrons. The van der Waals surface area contributed by atoms with Crippen molar-refractivity contribution < 1.29 is 14.9 Å². The van der Waals surface area contributed by atoms with Crippen molar-refractivity contribution in [2.75, 3.05) is 6.61 Å². The SMILES string of the molecule is C=C[C@@]1(C)CCC2[C@]3(C)C(CC[C@@]2(C)O1)[C@](C)(CO)CC[C@@H]3O. The first-order valence-corrected chi connectivity index (χ1v) is 9.26. The second kappa shape index (κ2) is 5.31. The number of hydrogen-bond donors (Lipinski definition) is 2. The van der Waals surface area contributed by atoms with E-state index in [0.717, 1.165) is 38.5 Å². The zero-order valence-electron chi connectivity index (χ0n) is 15.3. The quantitative estimate of drug-likeness (QED) is 0.762. The molecular weight excluding hydrogens is 288 g/mol. The molecule has 0 bridgehead atoms. The highest BCUT2D eigenvalue weighted by molar-refractivity contribution is 5.15. The number of fused-ring (bicyclic) bond motifs is 3. The molecule has 3 nitrogen and oxygen atoms in total. The van der Waals surface area contributed by atoms with Gasteiger partial charge in [0.2, 0.25) is 0 Å². The summed E-state index contributed by atoms with van der Waals surface area (Å²) in [5.41, 5.74) is -0.713. The van der Waals surface area contributed by atoms with Crippen LogP contribution in [0, 0.1) is 22.7 Å². The summed E-state index contributed by atoms with van der Waals surface area (Å²) in [5.74, 6) is 0.696. The van der Waals surface area contributed by atoms with Crippen LogP contribution in [0.1, 0.15) is 66.2 Å². The molecule has 0 aromatic heterocycles. The van der Waals surface area contributed by atoms with Crippen molar-refractivity contribution in [3.05, 3.63) is 12.7 Å². The van der Waals surface area contributed by atoms with Gasteiger partial charge in [-0.25, -0.2) is 0 Å². The van der Waals surface area contributed by atoms with Crippen LogP contribution in [0.2, 0.25) is 0 Å². The fourth-order valence-electron chi connectivity index (χ4n) is 6.42. The zero-order valence-corrected chi connectivity index (χ0v) is 15.3. The Morgan fingerprint density at radius 3 is 2.30 bits per heavy atom. The predicted molar refractivity (Wildman–Crippen MR) is 92.1 cm³/mol. The molecule has 0 spiro atoms. The maximum atomic E-state index is 11.0. The highest BCUT2D eigenvalue weighted by Crippen LogP contribution is 2.65. The Bertz CT molecular complexity index is 491. The average molecular weight is 322 g/mol. The molecule has 2 aliphatic carbocycles. The van der Waals surface area contributed by atoms with Crippen molar-refractivity contribution in [2.45, 2.75) is 83.5 Å². The van der Waals surface area contributed by atoms with E-state index in [-0.39, 0.29) is 34.7 Å². The molecule has 3 heteroatoms. The third-order valence-electron chi connectivity index (χ3n) is 7.91. The van der Waals surface area contributed by atoms with Crippen LogP contribution in [0.15, 0.2) is 12.7 Å². The molecule has 1 saturated heterocycles. The second-order valence-electron chi connectivity index (χ2n) is 9.35. The van der Waals surface area contributed by atoms with Crippen LogP contribution < -0.4 is 0 Å². The molecule has 1 aliphatic heterocycles. The number of hydrogen-bond acceptors (Lipinski definition) is 3. The summed E-state index contributed by atoms with van der Waals surface area (Å²) in [6.07, 6.45) is 7.39. The summed E-state index contributed by atoms with van der Waals surface area (Å²) < 4.78 is 6.59. The van der Waals surface area contributed by atoms with Gasteiger partial charge in [-0.3, -0.25) is 0 Å². The monoisotopic (exact) mass is 322 g/mol. The van der Waals surface area contributed by atoms with Gasteiger partial charge < -0.3 is 14.9 Å². The van der Waals surface area contributed by atoms with Gasteiger partial charge in [-0.2, -0.15) is 0 Å². The first kappa shape index (κ1) is 17.4. The van der Waals surface area contributed by atoms with Crippen molar-refractivity contribution >= 4 is 0 Å². The van der Waals surface area contributed by atoms with E-state index in [1.165, 1.54) is 0 Å². The maximum Gasteiger partial charge on any atom is 0.0839 e. The number of rotatable bonds is 2. The molecule has 3 rings (SSSR count). The number of ether oxygens (including phenoxy) is 1. The minimum Gasteiger partial charge on any atom is -0.396 e. The topological polar surface area (TPSA) is 49.7 Å². The Morgan fingerprint density at radius 2 is 1.70 bits per heavy atom. The largest absolute Gasteiger partial charge is 0.396 e. The van der Waals surface area contributed by atoms with Crippen molar-refractivity contribution in [1.82, 2.24) is 0 Å². The van der Waals surface area contributed by atoms with Gasteiger partial charge in [0.25, 0.3) is 0 Å². The number of aliphatic hydroxyl groups excluding tert-OH is 2. The van der Waals surface area contributed by atoms with E-state index in [9.17, 15) is 10.2 Å². The van der Waals surface area contributed by atoms with Gasteiger partial charge in [-0.1, -0.05) is 19.9 Å². The smallest absolute Gasteiger partial charge is 0.0839 e. The Labute approximate surface area is 141 Å². The molecule has 2 N–H and O–H groups in total. The Kier molecular flexibility index (Phi) is 4.02. The van der Waals surface area contributed by atoms with Crippen LogP contribution in [0.25, 0.3) is 0 Å². The zero-order chi connectivity index (χ0) is 17.1. The molecule has 0 aromatic carbocycles. The highest BCUT2D eigenvalue weighted by Gasteiger charge is 2.64. The Hall–Kier alpha value is -0.380. The van der Waals surface area contributed by atoms with Crippen molar-refractivity contribution in [2.24, 2.45) is 22.7 Å². The summed E-state index contributed by atoms with van der Waals surface area (Å²) in [6.45, 7) is 13.0. The highest BCUT2D eigenvalue weighted by atomic mass is 16.5. The van der Waals surface area contributed by atoms with E-state index in [1.807, 2.05) is 6.08 Å². The first-order chi connectivity index (χ1) is 10.6. The molecule has 7 atom stereocenters. The molecule has 3 fully saturated rings. The summed E-state index contributed by atoms with van der Waals surface area (Å²) in [7, 11) is 0. The molecule has 2 unspecified atom stereocenters. The predicted octanol–water partition coefficient (Wildman–Crippen LogP) is 3.69. The van der Waals surface area contributed by atoms with Gasteiger partial charge >= 0.3 is 0 Å². The normalized spacial score (nSPS) is 56.5. The summed E-state index contributed by atoms with van der Waals surface area (Å²) in [6, 6.07) is 0. The van der Waals surface area contributed by atoms with Gasteiger partial charge in [-0.05, 0) is 69.6 Å². The minimum absolute atomic E-state index is 0.0749. The van der Waals surface area contributed by atoms with Crippen molar-refractivity contribution in [1.29, 1.82) is 0 Å². The van der Waals surface area contributed by atoms with Gasteiger partial charge in [0.15, 0.2) is 0 Å². The summed E-state index contributed by atoms with van der Waals surface area (Å²) >= 11 is 0. The van der Waals surface area contributed by atoms with E-state index in [2.05, 4.69) is 34.3 Å². The number of aliphatic hydroxyl groups is 2. The molecule has 3 aliphatic rings. The van der Waals surface area contributed by atoms with Crippen LogP contribution >= 0.6 is 0 Å². The van der Waals surface area contributed by atoms with Gasteiger partial charge in [-0.15, -0.1) is 6.58 Å². The van der Waals surface area contributed by atoms with E-state index < -0.39 is 0 Å². The van der Waals surface area contributed by atoms with Gasteiger partial charge in [0, 0.05) is 12.0 Å². The standard InChI is InChI=1S/C20H34O3/c1-6-18(3)11-7-15-19(4,23-18)12-8-14-17(2,13-21)10-9-16(22)20(14,15)5/h6,14-16,21-22H,1,7-13H2,2-5H3/t14?,15?,16-,17-,18-,19+,20-/m0/s1. The van der Waals surface area contributed by atoms with Crippen LogP contribution in [0.5, 0.6) is 0 Å². The molecule has 2 saturated carbocycles. The van der Waals surface area contributed by atoms with Crippen LogP contribution in [0.4, 0.5) is 0 Å². The molecular formula is C20H34O3. The molecule has 0 aromatic rings. The minimum atomic E-state index is -0.298. The molecule has 23 heavy (non-hydrogen) atoms. The lowest BCUT2D eigenvalue weighted by molar-refractivity contribution is -0.277.